The number of hydrogen-bond donors (Lipinski definition) is 2. The van der Waals surface area contributed by atoms with Crippen LogP contribution in [0.2, 0.25) is 0 Å². The van der Waals surface area contributed by atoms with Gasteiger partial charge in [0.2, 0.25) is 5.91 Å². The molecule has 2 aromatic carbocycles. The first-order chi connectivity index (χ1) is 15.0. The standard InChI is InChI=1S/C25H29N3O3/c1-4-28(5-2)25(30)18-6-8-20-23(14-18)31-22-9-7-19(27-16(3)29)15-21(22)24(20)17-10-12-26-13-11-17/h6-9,14-15,26H,4-5,10-13H2,1-3H3,(H,27,29). The molecular weight excluding hydrogens is 390 g/mol. The Morgan fingerprint density at radius 2 is 1.74 bits per heavy atom. The van der Waals surface area contributed by atoms with Gasteiger partial charge in [0.15, 0.2) is 0 Å². The summed E-state index contributed by atoms with van der Waals surface area (Å²) in [7, 11) is 0. The summed E-state index contributed by atoms with van der Waals surface area (Å²) in [4.78, 5) is 26.3. The van der Waals surface area contributed by atoms with Crippen molar-refractivity contribution >= 4 is 23.1 Å². The van der Waals surface area contributed by atoms with Crippen LogP contribution in [-0.2, 0) is 4.79 Å². The highest BCUT2D eigenvalue weighted by molar-refractivity contribution is 5.98. The van der Waals surface area contributed by atoms with Gasteiger partial charge in [-0.15, -0.1) is 0 Å². The average Bonchev–Trinajstić information content (AvgIpc) is 2.78. The normalized spacial score (nSPS) is 14.9. The molecule has 2 amide bonds. The van der Waals surface area contributed by atoms with Crippen LogP contribution in [0.25, 0.3) is 5.57 Å². The molecule has 2 N–H and O–H groups in total. The number of carbonyl (C=O) groups is 2. The number of hydrogen-bond acceptors (Lipinski definition) is 4. The number of nitrogens with zero attached hydrogens (tertiary/aromatic N) is 1. The van der Waals surface area contributed by atoms with E-state index in [1.807, 2.05) is 55.1 Å². The summed E-state index contributed by atoms with van der Waals surface area (Å²) in [5.41, 5.74) is 5.90. The van der Waals surface area contributed by atoms with E-state index in [0.29, 0.717) is 24.4 Å². The molecule has 31 heavy (non-hydrogen) atoms. The lowest BCUT2D eigenvalue weighted by molar-refractivity contribution is -0.114. The lowest BCUT2D eigenvalue weighted by atomic mass is 9.86. The molecule has 4 rings (SSSR count). The fourth-order valence-corrected chi connectivity index (χ4v) is 4.36. The number of piperidine rings is 1. The van der Waals surface area contributed by atoms with Crippen molar-refractivity contribution < 1.29 is 14.3 Å². The number of nitrogens with one attached hydrogen (secondary N) is 2. The van der Waals surface area contributed by atoms with Gasteiger partial charge in [0, 0.05) is 42.4 Å². The molecule has 6 heteroatoms. The zero-order chi connectivity index (χ0) is 22.0. The van der Waals surface area contributed by atoms with Crippen LogP contribution in [0.1, 0.15) is 55.1 Å². The molecule has 162 valence electrons. The number of ether oxygens (including phenoxy) is 1. The monoisotopic (exact) mass is 419 g/mol. The van der Waals surface area contributed by atoms with Gasteiger partial charge in [-0.25, -0.2) is 0 Å². The van der Waals surface area contributed by atoms with Crippen LogP contribution < -0.4 is 15.4 Å². The topological polar surface area (TPSA) is 70.7 Å². The minimum Gasteiger partial charge on any atom is -0.456 e. The number of anilines is 1. The molecule has 0 aliphatic carbocycles. The van der Waals surface area contributed by atoms with Crippen molar-refractivity contribution in [3.63, 3.8) is 0 Å². The first kappa shape index (κ1) is 21.1. The summed E-state index contributed by atoms with van der Waals surface area (Å²) < 4.78 is 6.26. The molecule has 0 bridgehead atoms. The van der Waals surface area contributed by atoms with Gasteiger partial charge >= 0.3 is 0 Å². The van der Waals surface area contributed by atoms with Crippen LogP contribution in [0.5, 0.6) is 11.5 Å². The molecule has 1 fully saturated rings. The molecule has 1 saturated heterocycles. The summed E-state index contributed by atoms with van der Waals surface area (Å²) in [5.74, 6) is 1.36. The Kier molecular flexibility index (Phi) is 6.09. The van der Waals surface area contributed by atoms with Crippen LogP contribution >= 0.6 is 0 Å². The second-order valence-electron chi connectivity index (χ2n) is 7.91. The Bertz CT molecular complexity index is 1050. The van der Waals surface area contributed by atoms with Crippen LogP contribution in [0.3, 0.4) is 0 Å². The van der Waals surface area contributed by atoms with Gasteiger partial charge in [0.05, 0.1) is 0 Å². The summed E-state index contributed by atoms with van der Waals surface area (Å²) in [6.07, 6.45) is 1.91. The second-order valence-corrected chi connectivity index (χ2v) is 7.91. The Labute approximate surface area is 183 Å². The Morgan fingerprint density at radius 3 is 2.42 bits per heavy atom. The fourth-order valence-electron chi connectivity index (χ4n) is 4.36. The number of amides is 2. The maximum Gasteiger partial charge on any atom is 0.253 e. The maximum atomic E-state index is 12.9. The molecule has 0 unspecified atom stereocenters. The van der Waals surface area contributed by atoms with Gasteiger partial charge < -0.3 is 20.3 Å². The van der Waals surface area contributed by atoms with Crippen molar-refractivity contribution in [1.29, 1.82) is 0 Å². The highest BCUT2D eigenvalue weighted by Gasteiger charge is 2.27. The highest BCUT2D eigenvalue weighted by atomic mass is 16.5. The highest BCUT2D eigenvalue weighted by Crippen LogP contribution is 2.47. The van der Waals surface area contributed by atoms with E-state index in [1.54, 1.807) is 0 Å². The fraction of sp³-hybridized carbons (Fsp3) is 0.360. The quantitative estimate of drug-likeness (QED) is 0.657. The summed E-state index contributed by atoms with van der Waals surface area (Å²) in [5, 5.41) is 6.29. The van der Waals surface area contributed by atoms with Crippen LogP contribution in [0.15, 0.2) is 42.0 Å². The third-order valence-corrected chi connectivity index (χ3v) is 5.90. The van der Waals surface area contributed by atoms with E-state index >= 15 is 0 Å². The van der Waals surface area contributed by atoms with Crippen LogP contribution in [-0.4, -0.2) is 42.9 Å². The number of rotatable bonds is 4. The van der Waals surface area contributed by atoms with E-state index < -0.39 is 0 Å². The third-order valence-electron chi connectivity index (χ3n) is 5.90. The zero-order valence-electron chi connectivity index (χ0n) is 18.4. The van der Waals surface area contributed by atoms with Crippen LogP contribution in [0.4, 0.5) is 5.69 Å². The lowest BCUT2D eigenvalue weighted by Gasteiger charge is -2.28. The van der Waals surface area contributed by atoms with Gasteiger partial charge in [-0.3, -0.25) is 9.59 Å². The van der Waals surface area contributed by atoms with Gasteiger partial charge in [-0.2, -0.15) is 0 Å². The molecule has 2 heterocycles. The van der Waals surface area contributed by atoms with Crippen molar-refractivity contribution in [2.45, 2.75) is 33.6 Å². The van der Waals surface area contributed by atoms with E-state index in [9.17, 15) is 9.59 Å². The average molecular weight is 420 g/mol. The number of benzene rings is 2. The van der Waals surface area contributed by atoms with E-state index in [4.69, 9.17) is 4.74 Å². The molecule has 0 radical (unpaired) electrons. The molecule has 6 nitrogen and oxygen atoms in total. The second kappa shape index (κ2) is 8.94. The van der Waals surface area contributed by atoms with E-state index in [0.717, 1.165) is 54.1 Å². The van der Waals surface area contributed by atoms with Crippen molar-refractivity contribution in [3.05, 3.63) is 58.7 Å². The molecular formula is C25H29N3O3. The van der Waals surface area contributed by atoms with Crippen molar-refractivity contribution in [2.75, 3.05) is 31.5 Å². The minimum absolute atomic E-state index is 0.0132. The molecule has 0 atom stereocenters. The Morgan fingerprint density at radius 1 is 1.00 bits per heavy atom. The van der Waals surface area contributed by atoms with Gasteiger partial charge in [0.25, 0.3) is 5.91 Å². The predicted octanol–water partition coefficient (Wildman–Crippen LogP) is 4.42. The van der Waals surface area contributed by atoms with Gasteiger partial charge in [0.1, 0.15) is 11.5 Å². The van der Waals surface area contributed by atoms with Crippen molar-refractivity contribution in [1.82, 2.24) is 10.2 Å². The van der Waals surface area contributed by atoms with E-state index in [-0.39, 0.29) is 11.8 Å². The van der Waals surface area contributed by atoms with E-state index in [1.165, 1.54) is 12.5 Å². The summed E-state index contributed by atoms with van der Waals surface area (Å²) in [6.45, 7) is 8.70. The molecule has 0 aromatic heterocycles. The SMILES string of the molecule is CCN(CC)C(=O)c1ccc2c(c1)Oc1ccc(NC(C)=O)cc1C2=C1CCNCC1. The van der Waals surface area contributed by atoms with Gasteiger partial charge in [-0.1, -0.05) is 5.57 Å². The van der Waals surface area contributed by atoms with E-state index in [2.05, 4.69) is 10.6 Å². The molecule has 0 saturated carbocycles. The molecule has 2 aliphatic heterocycles. The molecule has 2 aliphatic rings. The third kappa shape index (κ3) is 4.21. The predicted molar refractivity (Wildman–Crippen MR) is 123 cm³/mol. The van der Waals surface area contributed by atoms with Crippen molar-refractivity contribution in [2.24, 2.45) is 0 Å². The van der Waals surface area contributed by atoms with Crippen LogP contribution in [0, 0.1) is 0 Å². The largest absolute Gasteiger partial charge is 0.456 e. The van der Waals surface area contributed by atoms with Gasteiger partial charge in [-0.05, 0) is 81.7 Å². The lowest BCUT2D eigenvalue weighted by Crippen LogP contribution is -2.30. The number of carbonyl (C=O) groups excluding carboxylic acids is 2. The first-order valence-corrected chi connectivity index (χ1v) is 11.0. The first-order valence-electron chi connectivity index (χ1n) is 11.0. The zero-order valence-corrected chi connectivity index (χ0v) is 18.4. The molecule has 2 aromatic rings. The summed E-state index contributed by atoms with van der Waals surface area (Å²) in [6, 6.07) is 11.5. The van der Waals surface area contributed by atoms with Crippen molar-refractivity contribution in [3.8, 4) is 11.5 Å². The molecule has 0 spiro atoms. The smallest absolute Gasteiger partial charge is 0.253 e. The minimum atomic E-state index is -0.104. The Hall–Kier alpha value is -3.12. The number of fused-ring (bicyclic) bond motifs is 2. The summed E-state index contributed by atoms with van der Waals surface area (Å²) >= 11 is 0. The Balaban J connectivity index is 1.82. The maximum absolute atomic E-state index is 12.9.